The van der Waals surface area contributed by atoms with E-state index in [-0.39, 0.29) is 18.6 Å². The Morgan fingerprint density at radius 2 is 1.94 bits per heavy atom. The van der Waals surface area contributed by atoms with Gasteiger partial charge in [-0.1, -0.05) is 18.2 Å². The van der Waals surface area contributed by atoms with Crippen molar-refractivity contribution in [2.75, 3.05) is 20.8 Å². The summed E-state index contributed by atoms with van der Waals surface area (Å²) in [6.07, 6.45) is 4.03. The molecule has 1 unspecified atom stereocenters. The lowest BCUT2D eigenvalue weighted by Gasteiger charge is -2.44. The maximum Gasteiger partial charge on any atom is 0.432 e. The number of hydrogen-bond acceptors (Lipinski definition) is 6. The number of carbonyl (C=O) groups is 2. The standard InChI is InChI=1S/C27H30FN3O5/c1-16-12-20-18(9-10-22-21(20)14-29-31(22)26(33)34)25(30(16)15-27(2,3)28)19-8-6-17(13-23(19)35-4)7-11-24(32)36-5/h6-11,13-14,16,25H,12,15H2,1-5H3,(H,33,34)/b11-7+/t16-,25?/m1/s1. The van der Waals surface area contributed by atoms with Gasteiger partial charge in [0.15, 0.2) is 0 Å². The molecule has 1 aromatic heterocycles. The molecule has 36 heavy (non-hydrogen) atoms. The number of rotatable bonds is 6. The predicted molar refractivity (Wildman–Crippen MR) is 134 cm³/mol. The van der Waals surface area contributed by atoms with Crippen LogP contribution in [0.5, 0.6) is 5.75 Å². The van der Waals surface area contributed by atoms with E-state index in [1.165, 1.54) is 13.2 Å². The number of esters is 1. The van der Waals surface area contributed by atoms with Crippen LogP contribution in [0.3, 0.4) is 0 Å². The quantitative estimate of drug-likeness (QED) is 0.386. The molecule has 0 aliphatic carbocycles. The van der Waals surface area contributed by atoms with Crippen LogP contribution >= 0.6 is 0 Å². The number of fused-ring (bicyclic) bond motifs is 3. The van der Waals surface area contributed by atoms with Crippen LogP contribution in [0.1, 0.15) is 49.1 Å². The Morgan fingerprint density at radius 3 is 2.58 bits per heavy atom. The lowest BCUT2D eigenvalue weighted by molar-refractivity contribution is -0.134. The number of ether oxygens (including phenoxy) is 2. The number of nitrogens with zero attached hydrogens (tertiary/aromatic N) is 3. The summed E-state index contributed by atoms with van der Waals surface area (Å²) >= 11 is 0. The molecule has 0 fully saturated rings. The molecule has 4 rings (SSSR count). The molecule has 0 bridgehead atoms. The second-order valence-electron chi connectivity index (χ2n) is 9.61. The lowest BCUT2D eigenvalue weighted by Crippen LogP contribution is -2.47. The molecule has 2 heterocycles. The highest BCUT2D eigenvalue weighted by atomic mass is 19.1. The second kappa shape index (κ2) is 9.73. The van der Waals surface area contributed by atoms with Crippen molar-refractivity contribution in [2.24, 2.45) is 0 Å². The first-order valence-corrected chi connectivity index (χ1v) is 11.7. The molecule has 1 N–H and O–H groups in total. The Balaban J connectivity index is 1.90. The third-order valence-corrected chi connectivity index (χ3v) is 6.50. The lowest BCUT2D eigenvalue weighted by atomic mass is 9.82. The average Bonchev–Trinajstić information content (AvgIpc) is 3.27. The minimum atomic E-state index is -1.45. The molecule has 0 saturated carbocycles. The Labute approximate surface area is 208 Å². The summed E-state index contributed by atoms with van der Waals surface area (Å²) < 4.78 is 26.4. The molecule has 190 valence electrons. The number of halogens is 1. The van der Waals surface area contributed by atoms with Crippen LogP contribution in [0.25, 0.3) is 17.0 Å². The molecule has 9 heteroatoms. The number of aromatic nitrogens is 2. The largest absolute Gasteiger partial charge is 0.496 e. The molecular weight excluding hydrogens is 465 g/mol. The zero-order valence-corrected chi connectivity index (χ0v) is 21.0. The van der Waals surface area contributed by atoms with E-state index in [1.807, 2.05) is 31.2 Å². The Kier molecular flexibility index (Phi) is 6.86. The summed E-state index contributed by atoms with van der Waals surface area (Å²) in [6, 6.07) is 8.88. The molecule has 0 radical (unpaired) electrons. The molecule has 8 nitrogen and oxygen atoms in total. The topological polar surface area (TPSA) is 93.9 Å². The van der Waals surface area contributed by atoms with Gasteiger partial charge in [-0.05, 0) is 62.1 Å². The van der Waals surface area contributed by atoms with Crippen LogP contribution < -0.4 is 4.74 Å². The number of hydrogen-bond donors (Lipinski definition) is 1. The van der Waals surface area contributed by atoms with Gasteiger partial charge in [0.1, 0.15) is 11.4 Å². The van der Waals surface area contributed by atoms with Gasteiger partial charge >= 0.3 is 12.1 Å². The van der Waals surface area contributed by atoms with Gasteiger partial charge in [-0.2, -0.15) is 9.78 Å². The smallest absolute Gasteiger partial charge is 0.432 e. The third-order valence-electron chi connectivity index (χ3n) is 6.50. The van der Waals surface area contributed by atoms with Crippen LogP contribution in [0, 0.1) is 0 Å². The highest BCUT2D eigenvalue weighted by molar-refractivity contribution is 5.90. The van der Waals surface area contributed by atoms with Crippen LogP contribution in [0.15, 0.2) is 42.6 Å². The van der Waals surface area contributed by atoms with Gasteiger partial charge in [-0.25, -0.2) is 14.0 Å². The van der Waals surface area contributed by atoms with Crippen molar-refractivity contribution in [3.05, 3.63) is 64.9 Å². The van der Waals surface area contributed by atoms with E-state index in [0.29, 0.717) is 17.7 Å². The van der Waals surface area contributed by atoms with Gasteiger partial charge in [0.2, 0.25) is 0 Å². The van der Waals surface area contributed by atoms with E-state index >= 15 is 4.39 Å². The Bertz CT molecular complexity index is 1340. The van der Waals surface area contributed by atoms with Gasteiger partial charge in [0.25, 0.3) is 0 Å². The number of alkyl halides is 1. The highest BCUT2D eigenvalue weighted by Gasteiger charge is 2.38. The van der Waals surface area contributed by atoms with Crippen molar-refractivity contribution in [3.8, 4) is 5.75 Å². The number of carbonyl (C=O) groups excluding carboxylic acids is 1. The minimum Gasteiger partial charge on any atom is -0.496 e. The Morgan fingerprint density at radius 1 is 1.22 bits per heavy atom. The number of benzene rings is 2. The molecule has 3 aromatic rings. The van der Waals surface area contributed by atoms with Crippen molar-refractivity contribution in [2.45, 2.75) is 44.9 Å². The maximum atomic E-state index is 15.0. The third kappa shape index (κ3) is 4.83. The normalized spacial score (nSPS) is 18.4. The predicted octanol–water partition coefficient (Wildman–Crippen LogP) is 4.84. The summed E-state index contributed by atoms with van der Waals surface area (Å²) in [6.45, 7) is 5.36. The first-order chi connectivity index (χ1) is 17.0. The molecule has 2 aromatic carbocycles. The zero-order valence-electron chi connectivity index (χ0n) is 21.0. The zero-order chi connectivity index (χ0) is 26.2. The van der Waals surface area contributed by atoms with Crippen LogP contribution in [0.2, 0.25) is 0 Å². The maximum absolute atomic E-state index is 15.0. The van der Waals surface area contributed by atoms with Crippen molar-refractivity contribution in [1.82, 2.24) is 14.7 Å². The molecule has 0 spiro atoms. The van der Waals surface area contributed by atoms with Crippen molar-refractivity contribution >= 4 is 29.0 Å². The highest BCUT2D eigenvalue weighted by Crippen LogP contribution is 2.44. The molecule has 1 aliphatic rings. The molecule has 2 atom stereocenters. The van der Waals surface area contributed by atoms with Gasteiger partial charge in [-0.15, -0.1) is 0 Å². The summed E-state index contributed by atoms with van der Waals surface area (Å²) in [4.78, 5) is 25.3. The fraction of sp³-hybridized carbons (Fsp3) is 0.370. The van der Waals surface area contributed by atoms with Gasteiger partial charge in [0, 0.05) is 29.6 Å². The average molecular weight is 496 g/mol. The van der Waals surface area contributed by atoms with E-state index in [1.54, 1.807) is 39.3 Å². The van der Waals surface area contributed by atoms with Crippen molar-refractivity contribution in [1.29, 1.82) is 0 Å². The van der Waals surface area contributed by atoms with E-state index < -0.39 is 17.7 Å². The number of carboxylic acid groups (broad SMARTS) is 1. The van der Waals surface area contributed by atoms with Gasteiger partial charge < -0.3 is 14.6 Å². The summed E-state index contributed by atoms with van der Waals surface area (Å²) in [5, 5.41) is 14.3. The SMILES string of the molecule is COC(=O)/C=C/c1ccc(C2c3ccc4c(cnn4C(=O)O)c3C[C@@H](C)N2CC(C)(C)F)c(OC)c1. The van der Waals surface area contributed by atoms with E-state index in [0.717, 1.165) is 32.3 Å². The Hall–Kier alpha value is -3.72. The van der Waals surface area contributed by atoms with Crippen molar-refractivity contribution in [3.63, 3.8) is 0 Å². The fourth-order valence-corrected chi connectivity index (χ4v) is 4.97. The van der Waals surface area contributed by atoms with Gasteiger partial charge in [0.05, 0.1) is 32.0 Å². The first kappa shape index (κ1) is 25.4. The van der Waals surface area contributed by atoms with E-state index in [4.69, 9.17) is 4.74 Å². The fourth-order valence-electron chi connectivity index (χ4n) is 4.97. The van der Waals surface area contributed by atoms with Crippen molar-refractivity contribution < 1.29 is 28.6 Å². The monoisotopic (exact) mass is 495 g/mol. The van der Waals surface area contributed by atoms with E-state index in [2.05, 4.69) is 14.7 Å². The second-order valence-corrected chi connectivity index (χ2v) is 9.61. The molecular formula is C27H30FN3O5. The van der Waals surface area contributed by atoms with Gasteiger partial charge in [-0.3, -0.25) is 4.90 Å². The molecule has 1 aliphatic heterocycles. The molecule has 0 saturated heterocycles. The summed E-state index contributed by atoms with van der Waals surface area (Å²) in [5.41, 5.74) is 2.60. The van der Waals surface area contributed by atoms with Crippen LogP contribution in [-0.2, 0) is 16.0 Å². The molecule has 0 amide bonds. The van der Waals surface area contributed by atoms with E-state index in [9.17, 15) is 14.7 Å². The minimum absolute atomic E-state index is 0.0418. The number of methoxy groups -OCH3 is 2. The van der Waals surface area contributed by atoms with Crippen LogP contribution in [0.4, 0.5) is 9.18 Å². The summed E-state index contributed by atoms with van der Waals surface area (Å²) in [5.74, 6) is 0.130. The first-order valence-electron chi connectivity index (χ1n) is 11.7. The van der Waals surface area contributed by atoms with Crippen LogP contribution in [-0.4, -0.2) is 64.3 Å². The summed E-state index contributed by atoms with van der Waals surface area (Å²) in [7, 11) is 2.89.